The smallest absolute Gasteiger partial charge is 0.249 e. The molecule has 0 N–H and O–H groups in total. The molecule has 338 valence electrons. The molecule has 0 radical (unpaired) electrons. The Labute approximate surface area is 430 Å². The highest BCUT2D eigenvalue weighted by Gasteiger charge is 2.43. The largest absolute Gasteiger partial charge is 0.310 e. The number of hydrogen-bond donors (Lipinski definition) is 0. The van der Waals surface area contributed by atoms with Gasteiger partial charge in [-0.15, -0.1) is 0 Å². The molecule has 2 aliphatic heterocycles. The summed E-state index contributed by atoms with van der Waals surface area (Å²) in [5.41, 5.74) is 18.2. The van der Waals surface area contributed by atoms with Crippen molar-refractivity contribution in [2.45, 2.75) is 36.0 Å². The number of aromatic nitrogens is 1. The van der Waals surface area contributed by atoms with Crippen LogP contribution in [0.1, 0.15) is 37.4 Å². The summed E-state index contributed by atoms with van der Waals surface area (Å²) in [6.45, 7) is 14.1. The second-order valence-corrected chi connectivity index (χ2v) is 20.7. The lowest BCUT2D eigenvalue weighted by molar-refractivity contribution is 0.591. The molecule has 0 bridgehead atoms. The first-order valence-corrected chi connectivity index (χ1v) is 24.9. The molecule has 10 aromatic carbocycles. The first-order chi connectivity index (χ1) is 36.9. The summed E-state index contributed by atoms with van der Waals surface area (Å²) in [5, 5.41) is 11.2. The van der Waals surface area contributed by atoms with Crippen molar-refractivity contribution in [2.24, 2.45) is 0 Å². The zero-order valence-electron chi connectivity index (χ0n) is 43.7. The van der Waals surface area contributed by atoms with Gasteiger partial charge < -0.3 is 9.47 Å². The minimum atomic E-state index is -0.293. The quantitative estimate of drug-likeness (QED) is 0.123. The van der Waals surface area contributed by atoms with Gasteiger partial charge in [-0.1, -0.05) is 196 Å². The Balaban J connectivity index is 1.18. The highest BCUT2D eigenvalue weighted by atomic mass is 32.2. The Morgan fingerprint density at radius 3 is 1.94 bits per heavy atom. The lowest BCUT2D eigenvalue weighted by Gasteiger charge is -2.42. The van der Waals surface area contributed by atoms with Crippen LogP contribution in [0.3, 0.4) is 0 Å². The van der Waals surface area contributed by atoms with E-state index >= 15 is 0 Å². The number of para-hydroxylation sites is 2. The standard InChI is InChI=1S/C66H45BN4S/c1-66(2,3)49-30-32-59-55(38-49)54-24-11-12-27-58(54)70(59)51-39-61-64-63(40-51)72-62-33-29-48(45-21-13-16-42(34-45)41-68)37-57(62)67(64)56-36-47(46-22-14-23-50(35-46)69-4)28-31-60(56)71(61)65-52(43-17-7-5-8-18-43)25-15-26-53(65)44-19-9-6-10-20-44/h5-40H,1-3H3/i11D,12D,24D,27D. The number of nitrogens with zero attached hydrogens (tertiary/aromatic N) is 4. The molecular weight excluding hydrogens is 892 g/mol. The van der Waals surface area contributed by atoms with Crippen molar-refractivity contribution in [2.75, 3.05) is 4.90 Å². The molecule has 0 amide bonds. The van der Waals surface area contributed by atoms with E-state index in [0.29, 0.717) is 22.2 Å². The fourth-order valence-corrected chi connectivity index (χ4v) is 12.1. The zero-order valence-corrected chi connectivity index (χ0v) is 40.6. The number of anilines is 3. The molecule has 2 aliphatic rings. The maximum absolute atomic E-state index is 9.99. The second-order valence-electron chi connectivity index (χ2n) is 19.6. The summed E-state index contributed by atoms with van der Waals surface area (Å²) >= 11 is 1.70. The topological polar surface area (TPSA) is 36.3 Å². The molecule has 0 unspecified atom stereocenters. The molecule has 3 heterocycles. The highest BCUT2D eigenvalue weighted by Crippen LogP contribution is 2.50. The lowest BCUT2D eigenvalue weighted by atomic mass is 9.34. The van der Waals surface area contributed by atoms with E-state index in [9.17, 15) is 8.00 Å². The summed E-state index contributed by atoms with van der Waals surface area (Å²) in [6.07, 6.45) is 0. The van der Waals surface area contributed by atoms with Crippen LogP contribution in [0.2, 0.25) is 0 Å². The Kier molecular flexibility index (Phi) is 9.18. The van der Waals surface area contributed by atoms with Crippen LogP contribution in [0.25, 0.3) is 76.8 Å². The average molecular weight is 941 g/mol. The minimum absolute atomic E-state index is 0.0674. The van der Waals surface area contributed by atoms with Gasteiger partial charge in [0.15, 0.2) is 5.69 Å². The third-order valence-electron chi connectivity index (χ3n) is 14.3. The Morgan fingerprint density at radius 1 is 0.569 bits per heavy atom. The van der Waals surface area contributed by atoms with E-state index in [-0.39, 0.29) is 36.3 Å². The molecule has 11 aromatic rings. The minimum Gasteiger partial charge on any atom is -0.310 e. The van der Waals surface area contributed by atoms with Crippen molar-refractivity contribution in [3.05, 3.63) is 241 Å². The molecule has 0 saturated heterocycles. The Morgan fingerprint density at radius 2 is 1.22 bits per heavy atom. The predicted molar refractivity (Wildman–Crippen MR) is 302 cm³/mol. The van der Waals surface area contributed by atoms with Gasteiger partial charge in [0.1, 0.15) is 0 Å². The first kappa shape index (κ1) is 39.0. The maximum atomic E-state index is 9.99. The van der Waals surface area contributed by atoms with Crippen molar-refractivity contribution in [1.82, 2.24) is 4.57 Å². The molecule has 6 heteroatoms. The Hall–Kier alpha value is -8.81. The van der Waals surface area contributed by atoms with Crippen LogP contribution in [0.4, 0.5) is 22.7 Å². The molecule has 0 saturated carbocycles. The van der Waals surface area contributed by atoms with Gasteiger partial charge in [0, 0.05) is 48.8 Å². The average Bonchev–Trinajstić information content (AvgIpc) is 3.99. The van der Waals surface area contributed by atoms with Crippen molar-refractivity contribution < 1.29 is 5.48 Å². The van der Waals surface area contributed by atoms with E-state index in [4.69, 9.17) is 9.31 Å². The van der Waals surface area contributed by atoms with Crippen LogP contribution in [0.15, 0.2) is 228 Å². The van der Waals surface area contributed by atoms with E-state index in [0.717, 1.165) is 110 Å². The normalized spacial score (nSPS) is 13.3. The molecule has 13 rings (SSSR count). The summed E-state index contributed by atoms with van der Waals surface area (Å²) < 4.78 is 39.2. The van der Waals surface area contributed by atoms with Crippen molar-refractivity contribution in [1.29, 1.82) is 5.26 Å². The van der Waals surface area contributed by atoms with Crippen molar-refractivity contribution >= 4 is 79.4 Å². The van der Waals surface area contributed by atoms with Gasteiger partial charge in [0.2, 0.25) is 6.71 Å². The molecule has 0 atom stereocenters. The van der Waals surface area contributed by atoms with Crippen molar-refractivity contribution in [3.8, 4) is 56.3 Å². The monoisotopic (exact) mass is 940 g/mol. The summed E-state index contributed by atoms with van der Waals surface area (Å²) in [6, 6.07) is 68.8. The second kappa shape index (κ2) is 17.0. The summed E-state index contributed by atoms with van der Waals surface area (Å²) in [5.74, 6) is 0. The Bertz CT molecular complexity index is 4280. The van der Waals surface area contributed by atoms with Crippen LogP contribution < -0.4 is 21.3 Å². The predicted octanol–water partition coefficient (Wildman–Crippen LogP) is 15.9. The van der Waals surface area contributed by atoms with E-state index < -0.39 is 0 Å². The number of nitriles is 1. The van der Waals surface area contributed by atoms with Crippen LogP contribution in [-0.2, 0) is 5.41 Å². The van der Waals surface area contributed by atoms with Crippen LogP contribution in [0, 0.1) is 17.9 Å². The van der Waals surface area contributed by atoms with Gasteiger partial charge >= 0.3 is 0 Å². The van der Waals surface area contributed by atoms with Crippen molar-refractivity contribution in [3.63, 3.8) is 0 Å². The number of fused-ring (bicyclic) bond motifs is 7. The number of rotatable bonds is 6. The van der Waals surface area contributed by atoms with E-state index in [2.05, 4.69) is 187 Å². The summed E-state index contributed by atoms with van der Waals surface area (Å²) in [4.78, 5) is 8.34. The third kappa shape index (κ3) is 7.06. The zero-order chi connectivity index (χ0) is 52.1. The van der Waals surface area contributed by atoms with Crippen LogP contribution in [-0.4, -0.2) is 11.3 Å². The number of benzene rings is 10. The molecular formula is C66H45BN4S. The highest BCUT2D eigenvalue weighted by molar-refractivity contribution is 8.00. The lowest BCUT2D eigenvalue weighted by Crippen LogP contribution is -2.60. The van der Waals surface area contributed by atoms with Gasteiger partial charge in [-0.3, -0.25) is 0 Å². The fourth-order valence-electron chi connectivity index (χ4n) is 10.9. The van der Waals surface area contributed by atoms with Gasteiger partial charge in [-0.05, 0) is 116 Å². The van der Waals surface area contributed by atoms with E-state index in [1.807, 2.05) is 48.5 Å². The SMILES string of the molecule is [2H]c1c([2H])c([2H])c2c(c1[2H])c1cc(C(C)(C)C)ccc1n2-c1cc2c3c(c1)N(c1c(-c4ccccc4)cccc1-c1ccccc1)c1ccc(-c4cccc([N+]#[C-])c4)cc1B3c1cc(-c3cccc(C#N)c3)ccc1S2. The molecule has 72 heavy (non-hydrogen) atoms. The van der Waals surface area contributed by atoms with Gasteiger partial charge in [-0.25, -0.2) is 4.85 Å². The van der Waals surface area contributed by atoms with Crippen LogP contribution in [0.5, 0.6) is 0 Å². The molecule has 0 aliphatic carbocycles. The van der Waals surface area contributed by atoms with Gasteiger partial charge in [-0.2, -0.15) is 5.26 Å². The number of hydrogen-bond acceptors (Lipinski definition) is 3. The van der Waals surface area contributed by atoms with E-state index in [1.54, 1.807) is 11.8 Å². The third-order valence-corrected chi connectivity index (χ3v) is 15.5. The van der Waals surface area contributed by atoms with Crippen LogP contribution >= 0.6 is 11.8 Å². The van der Waals surface area contributed by atoms with Gasteiger partial charge in [0.05, 0.1) is 40.4 Å². The molecule has 0 fully saturated rings. The molecule has 0 spiro atoms. The first-order valence-electron chi connectivity index (χ1n) is 26.1. The molecule has 4 nitrogen and oxygen atoms in total. The maximum Gasteiger partial charge on any atom is 0.249 e. The van der Waals surface area contributed by atoms with Gasteiger partial charge in [0.25, 0.3) is 0 Å². The van der Waals surface area contributed by atoms with E-state index in [1.165, 1.54) is 0 Å². The summed E-state index contributed by atoms with van der Waals surface area (Å²) in [7, 11) is 0. The molecule has 1 aromatic heterocycles. The fraction of sp³-hybridized carbons (Fsp3) is 0.0606.